The van der Waals surface area contributed by atoms with Crippen LogP contribution in [0.15, 0.2) is 24.3 Å². The molecule has 3 N–H and O–H groups in total. The van der Waals surface area contributed by atoms with Crippen LogP contribution in [-0.2, 0) is 14.4 Å². The SMILES string of the molecule is CCC(CC)(CC(=O)Nc1ccc(NC(=O)C2CC2)cc1)C(=O)O. The monoisotopic (exact) mass is 332 g/mol. The molecule has 0 saturated heterocycles. The first kappa shape index (κ1) is 18.0. The highest BCUT2D eigenvalue weighted by Crippen LogP contribution is 2.32. The van der Waals surface area contributed by atoms with Gasteiger partial charge in [-0.15, -0.1) is 0 Å². The summed E-state index contributed by atoms with van der Waals surface area (Å²) < 4.78 is 0. The second kappa shape index (κ2) is 7.47. The van der Waals surface area contributed by atoms with Gasteiger partial charge in [-0.1, -0.05) is 13.8 Å². The van der Waals surface area contributed by atoms with Gasteiger partial charge in [-0.25, -0.2) is 0 Å². The third kappa shape index (κ3) is 4.34. The summed E-state index contributed by atoms with van der Waals surface area (Å²) in [7, 11) is 0. The molecular weight excluding hydrogens is 308 g/mol. The van der Waals surface area contributed by atoms with Gasteiger partial charge in [0.2, 0.25) is 11.8 Å². The number of hydrogen-bond donors (Lipinski definition) is 3. The average molecular weight is 332 g/mol. The lowest BCUT2D eigenvalue weighted by Gasteiger charge is -2.25. The Hall–Kier alpha value is -2.37. The van der Waals surface area contributed by atoms with Gasteiger partial charge < -0.3 is 15.7 Å². The van der Waals surface area contributed by atoms with Gasteiger partial charge in [-0.2, -0.15) is 0 Å². The quantitative estimate of drug-likeness (QED) is 0.681. The van der Waals surface area contributed by atoms with Crippen LogP contribution in [0.2, 0.25) is 0 Å². The molecule has 2 amide bonds. The number of amides is 2. The molecule has 1 saturated carbocycles. The van der Waals surface area contributed by atoms with Crippen LogP contribution in [0.4, 0.5) is 11.4 Å². The first-order valence-corrected chi connectivity index (χ1v) is 8.34. The molecule has 1 aliphatic rings. The van der Waals surface area contributed by atoms with E-state index in [1.807, 2.05) is 0 Å². The fourth-order valence-corrected chi connectivity index (χ4v) is 2.62. The van der Waals surface area contributed by atoms with E-state index in [4.69, 9.17) is 0 Å². The molecule has 1 aliphatic carbocycles. The Morgan fingerprint density at radius 3 is 1.96 bits per heavy atom. The number of carboxylic acids is 1. The van der Waals surface area contributed by atoms with Gasteiger partial charge in [0.05, 0.1) is 5.41 Å². The van der Waals surface area contributed by atoms with Crippen LogP contribution in [0.1, 0.15) is 46.0 Å². The van der Waals surface area contributed by atoms with Gasteiger partial charge >= 0.3 is 5.97 Å². The molecule has 0 radical (unpaired) electrons. The van der Waals surface area contributed by atoms with Crippen molar-refractivity contribution in [3.05, 3.63) is 24.3 Å². The molecule has 2 rings (SSSR count). The molecule has 0 aliphatic heterocycles. The maximum absolute atomic E-state index is 12.2. The summed E-state index contributed by atoms with van der Waals surface area (Å²) in [6.07, 6.45) is 2.63. The zero-order chi connectivity index (χ0) is 17.7. The fourth-order valence-electron chi connectivity index (χ4n) is 2.62. The van der Waals surface area contributed by atoms with Crippen molar-refractivity contribution in [1.29, 1.82) is 0 Å². The Kier molecular flexibility index (Phi) is 5.59. The van der Waals surface area contributed by atoms with E-state index < -0.39 is 11.4 Å². The molecule has 0 heterocycles. The Labute approximate surface area is 141 Å². The van der Waals surface area contributed by atoms with E-state index in [-0.39, 0.29) is 24.2 Å². The first-order valence-electron chi connectivity index (χ1n) is 8.34. The lowest BCUT2D eigenvalue weighted by Crippen LogP contribution is -2.34. The lowest BCUT2D eigenvalue weighted by molar-refractivity contribution is -0.151. The van der Waals surface area contributed by atoms with E-state index in [1.54, 1.807) is 38.1 Å². The molecule has 6 heteroatoms. The van der Waals surface area contributed by atoms with Crippen LogP contribution in [0, 0.1) is 11.3 Å². The maximum Gasteiger partial charge on any atom is 0.310 e. The predicted octanol–water partition coefficient (Wildman–Crippen LogP) is 3.25. The second-order valence-corrected chi connectivity index (χ2v) is 6.36. The van der Waals surface area contributed by atoms with Gasteiger partial charge in [-0.3, -0.25) is 14.4 Å². The summed E-state index contributed by atoms with van der Waals surface area (Å²) in [4.78, 5) is 35.3. The molecule has 0 aromatic heterocycles. The number of hydrogen-bond acceptors (Lipinski definition) is 3. The third-order valence-corrected chi connectivity index (χ3v) is 4.69. The molecule has 0 atom stereocenters. The van der Waals surface area contributed by atoms with Crippen molar-refractivity contribution >= 4 is 29.2 Å². The molecule has 1 fully saturated rings. The smallest absolute Gasteiger partial charge is 0.310 e. The molecule has 0 spiro atoms. The van der Waals surface area contributed by atoms with Gasteiger partial charge in [0.1, 0.15) is 0 Å². The molecule has 1 aromatic carbocycles. The van der Waals surface area contributed by atoms with Crippen molar-refractivity contribution in [2.45, 2.75) is 46.0 Å². The fraction of sp³-hybridized carbons (Fsp3) is 0.500. The Balaban J connectivity index is 1.93. The predicted molar refractivity (Wildman–Crippen MR) is 91.7 cm³/mol. The van der Waals surface area contributed by atoms with Crippen molar-refractivity contribution in [2.24, 2.45) is 11.3 Å². The third-order valence-electron chi connectivity index (χ3n) is 4.69. The highest BCUT2D eigenvalue weighted by Gasteiger charge is 2.37. The number of benzene rings is 1. The average Bonchev–Trinajstić information content (AvgIpc) is 3.39. The first-order chi connectivity index (χ1) is 11.4. The Bertz CT molecular complexity index is 616. The molecule has 0 unspecified atom stereocenters. The van der Waals surface area contributed by atoms with Gasteiger partial charge in [-0.05, 0) is 49.9 Å². The van der Waals surface area contributed by atoms with Crippen LogP contribution in [0.5, 0.6) is 0 Å². The lowest BCUT2D eigenvalue weighted by atomic mass is 9.79. The minimum atomic E-state index is -1.03. The summed E-state index contributed by atoms with van der Waals surface area (Å²) in [5, 5.41) is 14.9. The number of anilines is 2. The van der Waals surface area contributed by atoms with Gasteiger partial charge in [0.25, 0.3) is 0 Å². The zero-order valence-electron chi connectivity index (χ0n) is 14.1. The van der Waals surface area contributed by atoms with Crippen LogP contribution in [0.3, 0.4) is 0 Å². The topological polar surface area (TPSA) is 95.5 Å². The normalized spacial score (nSPS) is 14.1. The van der Waals surface area contributed by atoms with E-state index in [0.717, 1.165) is 12.8 Å². The van der Waals surface area contributed by atoms with Crippen LogP contribution < -0.4 is 10.6 Å². The van der Waals surface area contributed by atoms with E-state index in [1.165, 1.54) is 0 Å². The van der Waals surface area contributed by atoms with Crippen molar-refractivity contribution in [1.82, 2.24) is 0 Å². The van der Waals surface area contributed by atoms with Crippen molar-refractivity contribution in [3.63, 3.8) is 0 Å². The largest absolute Gasteiger partial charge is 0.481 e. The molecule has 24 heavy (non-hydrogen) atoms. The van der Waals surface area contributed by atoms with E-state index in [9.17, 15) is 19.5 Å². The second-order valence-electron chi connectivity index (χ2n) is 6.36. The number of carbonyl (C=O) groups is 3. The van der Waals surface area contributed by atoms with Crippen LogP contribution >= 0.6 is 0 Å². The van der Waals surface area contributed by atoms with Crippen LogP contribution in [-0.4, -0.2) is 22.9 Å². The highest BCUT2D eigenvalue weighted by molar-refractivity contribution is 5.96. The van der Waals surface area contributed by atoms with Crippen LogP contribution in [0.25, 0.3) is 0 Å². The molecular formula is C18H24N2O4. The highest BCUT2D eigenvalue weighted by atomic mass is 16.4. The van der Waals surface area contributed by atoms with E-state index in [2.05, 4.69) is 10.6 Å². The number of rotatable bonds is 8. The Morgan fingerprint density at radius 2 is 1.54 bits per heavy atom. The summed E-state index contributed by atoms with van der Waals surface area (Å²) >= 11 is 0. The summed E-state index contributed by atoms with van der Waals surface area (Å²) in [5.74, 6) is -1.10. The summed E-state index contributed by atoms with van der Waals surface area (Å²) in [5.41, 5.74) is 0.241. The maximum atomic E-state index is 12.2. The molecule has 1 aromatic rings. The van der Waals surface area contributed by atoms with E-state index >= 15 is 0 Å². The number of aliphatic carboxylic acids is 1. The minimum absolute atomic E-state index is 0.0314. The van der Waals surface area contributed by atoms with E-state index in [0.29, 0.717) is 24.2 Å². The molecule has 130 valence electrons. The molecule has 6 nitrogen and oxygen atoms in total. The summed E-state index contributed by atoms with van der Waals surface area (Å²) in [6.45, 7) is 3.56. The van der Waals surface area contributed by atoms with Gasteiger partial charge in [0.15, 0.2) is 0 Å². The molecule has 0 bridgehead atoms. The number of nitrogens with one attached hydrogen (secondary N) is 2. The zero-order valence-corrected chi connectivity index (χ0v) is 14.1. The minimum Gasteiger partial charge on any atom is -0.481 e. The van der Waals surface area contributed by atoms with Crippen molar-refractivity contribution in [3.8, 4) is 0 Å². The summed E-state index contributed by atoms with van der Waals surface area (Å²) in [6, 6.07) is 6.83. The Morgan fingerprint density at radius 1 is 1.04 bits per heavy atom. The van der Waals surface area contributed by atoms with Crippen molar-refractivity contribution in [2.75, 3.05) is 10.6 Å². The number of carbonyl (C=O) groups excluding carboxylic acids is 2. The standard InChI is InChI=1S/C18H24N2O4/c1-3-18(4-2,17(23)24)11-15(21)19-13-7-9-14(10-8-13)20-16(22)12-5-6-12/h7-10,12H,3-6,11H2,1-2H3,(H,19,21)(H,20,22)(H,23,24). The van der Waals surface area contributed by atoms with Gasteiger partial charge in [0, 0.05) is 23.7 Å². The van der Waals surface area contributed by atoms with Crippen molar-refractivity contribution < 1.29 is 19.5 Å². The number of carboxylic acid groups (broad SMARTS) is 1.